The van der Waals surface area contributed by atoms with Crippen LogP contribution in [0.2, 0.25) is 0 Å². The first-order valence-corrected chi connectivity index (χ1v) is 10.5. The van der Waals surface area contributed by atoms with E-state index < -0.39 is 0 Å². The summed E-state index contributed by atoms with van der Waals surface area (Å²) in [6.45, 7) is 4.24. The van der Waals surface area contributed by atoms with Gasteiger partial charge in [-0.3, -0.25) is 4.57 Å². The molecule has 0 saturated carbocycles. The topological polar surface area (TPSA) is 39.9 Å². The van der Waals surface area contributed by atoms with Crippen molar-refractivity contribution in [3.05, 3.63) is 89.5 Å². The van der Waals surface area contributed by atoms with E-state index in [9.17, 15) is 0 Å². The number of hydrogen-bond acceptors (Lipinski definition) is 4. The Morgan fingerprint density at radius 2 is 1.52 bits per heavy atom. The molecule has 0 unspecified atom stereocenters. The van der Waals surface area contributed by atoms with Gasteiger partial charge in [0, 0.05) is 17.0 Å². The molecule has 4 nitrogen and oxygen atoms in total. The SMILES string of the molecule is COc1ccc(-n2c(SCc3ccccc3C)nnc2-c2ccccc2C)cc1. The van der Waals surface area contributed by atoms with Gasteiger partial charge in [0.2, 0.25) is 0 Å². The number of aromatic nitrogens is 3. The van der Waals surface area contributed by atoms with Gasteiger partial charge in [-0.2, -0.15) is 0 Å². The summed E-state index contributed by atoms with van der Waals surface area (Å²) >= 11 is 1.70. The molecule has 146 valence electrons. The van der Waals surface area contributed by atoms with Gasteiger partial charge >= 0.3 is 0 Å². The minimum Gasteiger partial charge on any atom is -0.497 e. The third-order valence-corrected chi connectivity index (χ3v) is 5.95. The Balaban J connectivity index is 1.76. The molecule has 0 bridgehead atoms. The highest BCUT2D eigenvalue weighted by Crippen LogP contribution is 2.32. The van der Waals surface area contributed by atoms with Crippen LogP contribution in [0.25, 0.3) is 17.1 Å². The molecule has 0 aliphatic rings. The summed E-state index contributed by atoms with van der Waals surface area (Å²) in [7, 11) is 1.68. The number of nitrogens with zero attached hydrogens (tertiary/aromatic N) is 3. The van der Waals surface area contributed by atoms with E-state index >= 15 is 0 Å². The Morgan fingerprint density at radius 1 is 0.828 bits per heavy atom. The van der Waals surface area contributed by atoms with E-state index in [1.807, 2.05) is 36.4 Å². The Kier molecular flexibility index (Phi) is 5.67. The summed E-state index contributed by atoms with van der Waals surface area (Å²) < 4.78 is 7.45. The molecule has 0 aliphatic carbocycles. The van der Waals surface area contributed by atoms with E-state index in [4.69, 9.17) is 4.74 Å². The second-order valence-corrected chi connectivity index (χ2v) is 7.81. The van der Waals surface area contributed by atoms with Gasteiger partial charge in [-0.05, 0) is 54.8 Å². The molecular formula is C24H23N3OS. The van der Waals surface area contributed by atoms with E-state index in [0.717, 1.165) is 33.7 Å². The fourth-order valence-corrected chi connectivity index (χ4v) is 4.27. The quantitative estimate of drug-likeness (QED) is 0.380. The number of thioether (sulfide) groups is 1. The minimum absolute atomic E-state index is 0.827. The van der Waals surface area contributed by atoms with Crippen LogP contribution in [0.5, 0.6) is 5.75 Å². The molecule has 0 spiro atoms. The standard InChI is InChI=1S/C24H23N3OS/c1-17-8-4-6-10-19(17)16-29-24-26-25-23(22-11-7-5-9-18(22)2)27(24)20-12-14-21(28-3)15-13-20/h4-15H,16H2,1-3H3. The van der Waals surface area contributed by atoms with E-state index in [0.29, 0.717) is 0 Å². The molecule has 4 rings (SSSR count). The van der Waals surface area contributed by atoms with Crippen LogP contribution in [0.15, 0.2) is 78.0 Å². The molecule has 0 saturated heterocycles. The van der Waals surface area contributed by atoms with Crippen molar-refractivity contribution < 1.29 is 4.74 Å². The number of ether oxygens (including phenoxy) is 1. The summed E-state index contributed by atoms with van der Waals surface area (Å²) in [5, 5.41) is 9.98. The molecule has 1 heterocycles. The Hall–Kier alpha value is -3.05. The van der Waals surface area contributed by atoms with Crippen molar-refractivity contribution in [1.29, 1.82) is 0 Å². The largest absolute Gasteiger partial charge is 0.497 e. The van der Waals surface area contributed by atoms with E-state index in [1.165, 1.54) is 16.7 Å². The van der Waals surface area contributed by atoms with Crippen LogP contribution in [0.1, 0.15) is 16.7 Å². The van der Waals surface area contributed by atoms with Crippen LogP contribution in [0.4, 0.5) is 0 Å². The van der Waals surface area contributed by atoms with Crippen LogP contribution in [0.3, 0.4) is 0 Å². The molecule has 0 N–H and O–H groups in total. The first-order chi connectivity index (χ1) is 14.2. The van der Waals surface area contributed by atoms with Crippen LogP contribution < -0.4 is 4.74 Å². The van der Waals surface area contributed by atoms with Gasteiger partial charge in [-0.25, -0.2) is 0 Å². The van der Waals surface area contributed by atoms with Gasteiger partial charge in [0.05, 0.1) is 7.11 Å². The maximum Gasteiger partial charge on any atom is 0.196 e. The number of rotatable bonds is 6. The molecule has 1 aromatic heterocycles. The highest BCUT2D eigenvalue weighted by atomic mass is 32.2. The van der Waals surface area contributed by atoms with Crippen LogP contribution in [-0.2, 0) is 5.75 Å². The molecular weight excluding hydrogens is 378 g/mol. The molecule has 0 aliphatic heterocycles. The second kappa shape index (κ2) is 8.53. The predicted octanol–water partition coefficient (Wildman–Crippen LogP) is 5.85. The maximum atomic E-state index is 5.32. The Bertz CT molecular complexity index is 1120. The van der Waals surface area contributed by atoms with Gasteiger partial charge < -0.3 is 4.74 Å². The van der Waals surface area contributed by atoms with Crippen molar-refractivity contribution in [2.45, 2.75) is 24.8 Å². The van der Waals surface area contributed by atoms with Crippen molar-refractivity contribution in [1.82, 2.24) is 14.8 Å². The maximum absolute atomic E-state index is 5.32. The molecule has 29 heavy (non-hydrogen) atoms. The Labute approximate surface area is 175 Å². The Morgan fingerprint density at radius 3 is 2.21 bits per heavy atom. The van der Waals surface area contributed by atoms with Crippen molar-refractivity contribution in [2.24, 2.45) is 0 Å². The van der Waals surface area contributed by atoms with E-state index in [2.05, 4.69) is 65.0 Å². The lowest BCUT2D eigenvalue weighted by atomic mass is 10.1. The van der Waals surface area contributed by atoms with Gasteiger partial charge in [0.25, 0.3) is 0 Å². The molecule has 4 aromatic rings. The zero-order chi connectivity index (χ0) is 20.2. The summed E-state index contributed by atoms with van der Waals surface area (Å²) in [5.74, 6) is 2.52. The van der Waals surface area contributed by atoms with Gasteiger partial charge in [0.15, 0.2) is 11.0 Å². The summed E-state index contributed by atoms with van der Waals surface area (Å²) in [6, 6.07) is 24.7. The predicted molar refractivity (Wildman–Crippen MR) is 119 cm³/mol. The average Bonchev–Trinajstić information content (AvgIpc) is 3.17. The van der Waals surface area contributed by atoms with Crippen molar-refractivity contribution in [3.8, 4) is 22.8 Å². The lowest BCUT2D eigenvalue weighted by molar-refractivity contribution is 0.414. The van der Waals surface area contributed by atoms with E-state index in [1.54, 1.807) is 18.9 Å². The molecule has 0 fully saturated rings. The molecule has 0 amide bonds. The van der Waals surface area contributed by atoms with Crippen molar-refractivity contribution >= 4 is 11.8 Å². The van der Waals surface area contributed by atoms with Crippen molar-refractivity contribution in [2.75, 3.05) is 7.11 Å². The van der Waals surface area contributed by atoms with Crippen LogP contribution in [0, 0.1) is 13.8 Å². The summed E-state index contributed by atoms with van der Waals surface area (Å²) in [6.07, 6.45) is 0. The second-order valence-electron chi connectivity index (χ2n) is 6.87. The van der Waals surface area contributed by atoms with Gasteiger partial charge in [-0.1, -0.05) is 60.3 Å². The number of aryl methyl sites for hydroxylation is 2. The van der Waals surface area contributed by atoms with Gasteiger partial charge in [-0.15, -0.1) is 10.2 Å². The fourth-order valence-electron chi connectivity index (χ4n) is 3.24. The third-order valence-electron chi connectivity index (χ3n) is 4.97. The first-order valence-electron chi connectivity index (χ1n) is 9.50. The van der Waals surface area contributed by atoms with Crippen molar-refractivity contribution in [3.63, 3.8) is 0 Å². The van der Waals surface area contributed by atoms with E-state index in [-0.39, 0.29) is 0 Å². The zero-order valence-electron chi connectivity index (χ0n) is 16.8. The third kappa shape index (κ3) is 4.05. The molecule has 5 heteroatoms. The summed E-state index contributed by atoms with van der Waals surface area (Å²) in [4.78, 5) is 0. The highest BCUT2D eigenvalue weighted by molar-refractivity contribution is 7.98. The van der Waals surface area contributed by atoms with Crippen LogP contribution >= 0.6 is 11.8 Å². The average molecular weight is 402 g/mol. The normalized spacial score (nSPS) is 10.9. The monoisotopic (exact) mass is 401 g/mol. The number of benzene rings is 3. The van der Waals surface area contributed by atoms with Gasteiger partial charge in [0.1, 0.15) is 5.75 Å². The first kappa shape index (κ1) is 19.3. The lowest BCUT2D eigenvalue weighted by Gasteiger charge is -2.12. The summed E-state index contributed by atoms with van der Waals surface area (Å²) in [5.41, 5.74) is 5.86. The molecule has 0 radical (unpaired) electrons. The number of methoxy groups -OCH3 is 1. The lowest BCUT2D eigenvalue weighted by Crippen LogP contribution is -2.01. The van der Waals surface area contributed by atoms with Crippen LogP contribution in [-0.4, -0.2) is 21.9 Å². The smallest absolute Gasteiger partial charge is 0.196 e. The highest BCUT2D eigenvalue weighted by Gasteiger charge is 2.17. The fraction of sp³-hybridized carbons (Fsp3) is 0.167. The molecule has 3 aromatic carbocycles. The zero-order valence-corrected chi connectivity index (χ0v) is 17.6. The number of hydrogen-bond donors (Lipinski definition) is 0. The minimum atomic E-state index is 0.827. The molecule has 0 atom stereocenters.